The number of rotatable bonds is 10. The molecule has 2 amide bonds. The van der Waals surface area contributed by atoms with E-state index >= 15 is 0 Å². The van der Waals surface area contributed by atoms with Crippen molar-refractivity contribution in [1.82, 2.24) is 15.6 Å². The van der Waals surface area contributed by atoms with E-state index in [0.29, 0.717) is 0 Å². The van der Waals surface area contributed by atoms with Crippen LogP contribution in [0.4, 0.5) is 10.7 Å². The first kappa shape index (κ1) is 29.2. The number of alkyl carbamates (subject to hydrolysis) is 1. The van der Waals surface area contributed by atoms with Gasteiger partial charge in [-0.2, -0.15) is 10.2 Å². The highest BCUT2D eigenvalue weighted by Crippen LogP contribution is 2.35. The number of amides is 2. The van der Waals surface area contributed by atoms with Gasteiger partial charge in [-0.15, -0.1) is 13.2 Å². The van der Waals surface area contributed by atoms with Gasteiger partial charge in [-0.05, 0) is 38.2 Å². The van der Waals surface area contributed by atoms with Crippen LogP contribution in [0.2, 0.25) is 0 Å². The summed E-state index contributed by atoms with van der Waals surface area (Å²) in [6.07, 6.45) is 2.70. The van der Waals surface area contributed by atoms with Crippen LogP contribution in [0.25, 0.3) is 0 Å². The normalized spacial score (nSPS) is 13.9. The summed E-state index contributed by atoms with van der Waals surface area (Å²) < 4.78 is 11.3. The zero-order valence-electron chi connectivity index (χ0n) is 22.4. The van der Waals surface area contributed by atoms with Crippen molar-refractivity contribution in [3.05, 3.63) is 72.8 Å². The first-order valence-corrected chi connectivity index (χ1v) is 12.0. The second kappa shape index (κ2) is 12.3. The number of carbonyl (C=O) groups is 2. The summed E-state index contributed by atoms with van der Waals surface area (Å²) in [5.74, 6) is -0.139. The van der Waals surface area contributed by atoms with Crippen molar-refractivity contribution in [3.8, 4) is 6.07 Å². The van der Waals surface area contributed by atoms with Crippen molar-refractivity contribution in [2.24, 2.45) is 5.41 Å². The quantitative estimate of drug-likeness (QED) is 0.359. The molecule has 37 heavy (non-hydrogen) atoms. The van der Waals surface area contributed by atoms with Crippen molar-refractivity contribution in [3.63, 3.8) is 0 Å². The van der Waals surface area contributed by atoms with Gasteiger partial charge in [-0.25, -0.2) is 4.79 Å². The lowest BCUT2D eigenvalue weighted by Crippen LogP contribution is -2.50. The van der Waals surface area contributed by atoms with Gasteiger partial charge in [0, 0.05) is 0 Å². The number of nitrogens with zero attached hydrogens (tertiary/aromatic N) is 2. The van der Waals surface area contributed by atoms with Crippen LogP contribution in [-0.2, 0) is 9.53 Å². The van der Waals surface area contributed by atoms with Gasteiger partial charge in [-0.1, -0.05) is 63.3 Å². The van der Waals surface area contributed by atoms with Crippen LogP contribution >= 0.6 is 0 Å². The summed E-state index contributed by atoms with van der Waals surface area (Å²) in [5.41, 5.74) is -0.283. The van der Waals surface area contributed by atoms with E-state index in [4.69, 9.17) is 9.15 Å². The largest absolute Gasteiger partial charge is 0.444 e. The number of nitriles is 1. The van der Waals surface area contributed by atoms with E-state index in [1.54, 1.807) is 26.8 Å². The van der Waals surface area contributed by atoms with Crippen LogP contribution in [0.15, 0.2) is 60.1 Å². The summed E-state index contributed by atoms with van der Waals surface area (Å²) in [5, 5.41) is 18.4. The predicted octanol–water partition coefficient (Wildman–Crippen LogP) is 5.56. The molecule has 2 rings (SSSR count). The molecule has 3 atom stereocenters. The molecule has 0 unspecified atom stereocenters. The summed E-state index contributed by atoms with van der Waals surface area (Å²) in [6.45, 7) is 18.5. The maximum atomic E-state index is 13.2. The molecule has 3 N–H and O–H groups in total. The smallest absolute Gasteiger partial charge is 0.408 e. The van der Waals surface area contributed by atoms with E-state index in [0.717, 1.165) is 5.56 Å². The molecule has 1 aromatic carbocycles. The Bertz CT molecular complexity index is 1140. The molecule has 0 saturated carbocycles. The van der Waals surface area contributed by atoms with Crippen LogP contribution in [-0.4, -0.2) is 28.6 Å². The van der Waals surface area contributed by atoms with Gasteiger partial charge in [0.1, 0.15) is 23.8 Å². The summed E-state index contributed by atoms with van der Waals surface area (Å²) in [4.78, 5) is 29.9. The molecule has 0 aliphatic heterocycles. The molecule has 0 aliphatic rings. The predicted molar refractivity (Wildman–Crippen MR) is 143 cm³/mol. The molecule has 0 aliphatic carbocycles. The third-order valence-corrected chi connectivity index (χ3v) is 5.24. The lowest BCUT2D eigenvalue weighted by molar-refractivity contribution is -0.125. The first-order chi connectivity index (χ1) is 17.3. The van der Waals surface area contributed by atoms with Crippen LogP contribution in [0.5, 0.6) is 0 Å². The lowest BCUT2D eigenvalue weighted by atomic mass is 9.86. The molecular formula is C28H37N5O4. The van der Waals surface area contributed by atoms with Gasteiger partial charge in [-0.3, -0.25) is 4.79 Å². The van der Waals surface area contributed by atoms with Gasteiger partial charge in [0.05, 0.1) is 6.04 Å². The van der Waals surface area contributed by atoms with E-state index in [1.165, 1.54) is 6.08 Å². The standard InChI is InChI=1S/C28H37N5O4/c1-9-14-20(32-26(35)37-28(6,7)8)23(34)33-22(27(3,4)5)25-31-21(17-29)24(36-25)30-19(10-2)18-15-12-11-13-16-18/h9-13,15-16,19-20,22,30H,1-2,14H2,3-8H3,(H,32,35)(H,33,34)/t19-,20-,22+/m0/s1. The molecule has 9 heteroatoms. The first-order valence-electron chi connectivity index (χ1n) is 12.0. The Morgan fingerprint density at radius 1 is 1.14 bits per heavy atom. The molecular weight excluding hydrogens is 470 g/mol. The van der Waals surface area contributed by atoms with Crippen molar-refractivity contribution in [1.29, 1.82) is 5.26 Å². The highest BCUT2D eigenvalue weighted by Gasteiger charge is 2.35. The summed E-state index contributed by atoms with van der Waals surface area (Å²) >= 11 is 0. The number of hydrogen-bond donors (Lipinski definition) is 3. The number of hydrogen-bond acceptors (Lipinski definition) is 7. The van der Waals surface area contributed by atoms with Crippen LogP contribution in [0.1, 0.15) is 77.2 Å². The molecule has 0 bridgehead atoms. The van der Waals surface area contributed by atoms with E-state index in [2.05, 4.69) is 34.1 Å². The van der Waals surface area contributed by atoms with E-state index in [1.807, 2.05) is 57.2 Å². The topological polar surface area (TPSA) is 129 Å². The van der Waals surface area contributed by atoms with Crippen LogP contribution < -0.4 is 16.0 Å². The third kappa shape index (κ3) is 8.53. The van der Waals surface area contributed by atoms with Crippen LogP contribution in [0, 0.1) is 16.7 Å². The molecule has 0 spiro atoms. The van der Waals surface area contributed by atoms with Gasteiger partial charge < -0.3 is 25.1 Å². The number of carbonyl (C=O) groups excluding carboxylic acids is 2. The fourth-order valence-electron chi connectivity index (χ4n) is 3.45. The second-order valence-electron chi connectivity index (χ2n) is 10.6. The monoisotopic (exact) mass is 507 g/mol. The van der Waals surface area contributed by atoms with Crippen molar-refractivity contribution in [2.75, 3.05) is 5.32 Å². The fraction of sp³-hybridized carbons (Fsp3) is 0.429. The molecule has 0 fully saturated rings. The number of ether oxygens (including phenoxy) is 1. The zero-order valence-corrected chi connectivity index (χ0v) is 22.4. The Labute approximate surface area is 219 Å². The Morgan fingerprint density at radius 2 is 1.78 bits per heavy atom. The minimum atomic E-state index is -0.927. The second-order valence-corrected chi connectivity index (χ2v) is 10.6. The van der Waals surface area contributed by atoms with Gasteiger partial charge in [0.2, 0.25) is 23.4 Å². The molecule has 1 heterocycles. The molecule has 2 aromatic rings. The Hall–Kier alpha value is -4.06. The number of anilines is 1. The van der Waals surface area contributed by atoms with Gasteiger partial charge in [0.25, 0.3) is 0 Å². The maximum absolute atomic E-state index is 13.2. The van der Waals surface area contributed by atoms with E-state index in [-0.39, 0.29) is 29.9 Å². The molecule has 198 valence electrons. The van der Waals surface area contributed by atoms with E-state index < -0.39 is 35.1 Å². The SMILES string of the molecule is C=CC[C@H](NC(=O)OC(C)(C)C)C(=O)N[C@H](c1nc(C#N)c(N[C@@H](C=C)c2ccccc2)o1)C(C)(C)C. The Kier molecular flexibility index (Phi) is 9.67. The van der Waals surface area contributed by atoms with Crippen molar-refractivity contribution >= 4 is 17.9 Å². The summed E-state index contributed by atoms with van der Waals surface area (Å²) in [6, 6.07) is 9.65. The number of oxazole rings is 1. The molecule has 0 saturated heterocycles. The molecule has 1 aromatic heterocycles. The fourth-order valence-corrected chi connectivity index (χ4v) is 3.45. The number of aromatic nitrogens is 1. The third-order valence-electron chi connectivity index (χ3n) is 5.24. The average molecular weight is 508 g/mol. The summed E-state index contributed by atoms with van der Waals surface area (Å²) in [7, 11) is 0. The highest BCUT2D eigenvalue weighted by molar-refractivity contribution is 5.86. The van der Waals surface area contributed by atoms with Crippen LogP contribution in [0.3, 0.4) is 0 Å². The number of nitrogens with one attached hydrogen (secondary N) is 3. The number of benzene rings is 1. The minimum Gasteiger partial charge on any atom is -0.444 e. The Balaban J connectivity index is 2.32. The van der Waals surface area contributed by atoms with E-state index in [9.17, 15) is 14.9 Å². The average Bonchev–Trinajstić information content (AvgIpc) is 3.21. The molecule has 0 radical (unpaired) electrons. The molecule has 9 nitrogen and oxygen atoms in total. The maximum Gasteiger partial charge on any atom is 0.408 e. The zero-order chi connectivity index (χ0) is 27.8. The van der Waals surface area contributed by atoms with Gasteiger partial charge in [0.15, 0.2) is 0 Å². The van der Waals surface area contributed by atoms with Crippen molar-refractivity contribution < 1.29 is 18.7 Å². The minimum absolute atomic E-state index is 0.0517. The Morgan fingerprint density at radius 3 is 2.30 bits per heavy atom. The lowest BCUT2D eigenvalue weighted by Gasteiger charge is -2.30. The van der Waals surface area contributed by atoms with Gasteiger partial charge >= 0.3 is 6.09 Å². The highest BCUT2D eigenvalue weighted by atomic mass is 16.6. The van der Waals surface area contributed by atoms with Crippen molar-refractivity contribution in [2.45, 2.75) is 71.7 Å².